The first kappa shape index (κ1) is 21.3. The maximum absolute atomic E-state index is 12.6. The van der Waals surface area contributed by atoms with Crippen molar-refractivity contribution in [2.75, 3.05) is 13.2 Å². The molecular weight excluding hydrogens is 342 g/mol. The van der Waals surface area contributed by atoms with Gasteiger partial charge >= 0.3 is 12.1 Å². The maximum Gasteiger partial charge on any atom is 0.410 e. The molecule has 1 saturated carbocycles. The number of nitrogens with zero attached hydrogens (tertiary/aromatic N) is 1. The van der Waals surface area contributed by atoms with Crippen LogP contribution in [0.5, 0.6) is 0 Å². The van der Waals surface area contributed by atoms with Gasteiger partial charge in [0.15, 0.2) is 0 Å². The van der Waals surface area contributed by atoms with E-state index in [4.69, 9.17) is 4.74 Å². The fraction of sp³-hybridized carbons (Fsp3) is 0.636. The number of benzene rings is 1. The standard InChI is InChI=1S/C22H33NO4/c1-3-27-21(26)23(17-19-13-8-5-9-14-19)22(2,20(24)25)16-10-15-18-11-6-4-7-12-18/h4,6-7,11-12,19H,3,5,8-10,13-17H2,1-2H3,(H,24,25). The Kier molecular flexibility index (Phi) is 8.14. The van der Waals surface area contributed by atoms with Gasteiger partial charge in [-0.15, -0.1) is 0 Å². The van der Waals surface area contributed by atoms with Crippen LogP contribution in [0.4, 0.5) is 4.79 Å². The lowest BCUT2D eigenvalue weighted by atomic mass is 9.86. The van der Waals surface area contributed by atoms with E-state index in [9.17, 15) is 14.7 Å². The molecule has 0 aromatic heterocycles. The monoisotopic (exact) mass is 375 g/mol. The van der Waals surface area contributed by atoms with Gasteiger partial charge in [-0.25, -0.2) is 9.59 Å². The molecule has 0 bridgehead atoms. The molecule has 1 atom stereocenters. The minimum absolute atomic E-state index is 0.250. The molecule has 0 saturated heterocycles. The van der Waals surface area contributed by atoms with Gasteiger partial charge in [0.2, 0.25) is 0 Å². The minimum Gasteiger partial charge on any atom is -0.480 e. The highest BCUT2D eigenvalue weighted by Gasteiger charge is 2.43. The second-order valence-electron chi connectivity index (χ2n) is 7.73. The van der Waals surface area contributed by atoms with Gasteiger partial charge in [-0.2, -0.15) is 0 Å². The molecule has 27 heavy (non-hydrogen) atoms. The number of aliphatic carboxylic acids is 1. The van der Waals surface area contributed by atoms with Crippen LogP contribution >= 0.6 is 0 Å². The number of ether oxygens (including phenoxy) is 1. The molecule has 1 amide bonds. The van der Waals surface area contributed by atoms with Crippen molar-refractivity contribution in [3.05, 3.63) is 35.9 Å². The van der Waals surface area contributed by atoms with E-state index in [0.29, 0.717) is 25.3 Å². The molecule has 1 aliphatic carbocycles. The van der Waals surface area contributed by atoms with Crippen molar-refractivity contribution in [1.29, 1.82) is 0 Å². The molecule has 0 heterocycles. The number of aryl methyl sites for hydroxylation is 1. The van der Waals surface area contributed by atoms with E-state index in [1.54, 1.807) is 13.8 Å². The lowest BCUT2D eigenvalue weighted by molar-refractivity contribution is -0.150. The van der Waals surface area contributed by atoms with Gasteiger partial charge < -0.3 is 9.84 Å². The molecule has 1 aliphatic rings. The highest BCUT2D eigenvalue weighted by molar-refractivity contribution is 5.84. The topological polar surface area (TPSA) is 66.8 Å². The molecule has 5 nitrogen and oxygen atoms in total. The van der Waals surface area contributed by atoms with E-state index in [-0.39, 0.29) is 6.61 Å². The summed E-state index contributed by atoms with van der Waals surface area (Å²) >= 11 is 0. The average Bonchev–Trinajstić information content (AvgIpc) is 2.67. The molecular formula is C22H33NO4. The molecule has 1 unspecified atom stereocenters. The molecule has 2 rings (SSSR count). The third-order valence-corrected chi connectivity index (χ3v) is 5.68. The third-order valence-electron chi connectivity index (χ3n) is 5.68. The van der Waals surface area contributed by atoms with Crippen LogP contribution in [-0.2, 0) is 16.0 Å². The summed E-state index contributed by atoms with van der Waals surface area (Å²) in [4.78, 5) is 26.3. The maximum atomic E-state index is 12.6. The fourth-order valence-corrected chi connectivity index (χ4v) is 3.95. The number of hydrogen-bond donors (Lipinski definition) is 1. The van der Waals surface area contributed by atoms with E-state index < -0.39 is 17.6 Å². The van der Waals surface area contributed by atoms with Crippen LogP contribution in [0.15, 0.2) is 30.3 Å². The van der Waals surface area contributed by atoms with Crippen LogP contribution in [0, 0.1) is 5.92 Å². The van der Waals surface area contributed by atoms with Crippen molar-refractivity contribution in [3.8, 4) is 0 Å². The van der Waals surface area contributed by atoms with E-state index in [1.165, 1.54) is 16.9 Å². The van der Waals surface area contributed by atoms with Crippen molar-refractivity contribution in [1.82, 2.24) is 4.90 Å². The highest BCUT2D eigenvalue weighted by Crippen LogP contribution is 2.30. The van der Waals surface area contributed by atoms with E-state index in [0.717, 1.165) is 32.1 Å². The Hall–Kier alpha value is -2.04. The Balaban J connectivity index is 2.11. The van der Waals surface area contributed by atoms with Crippen LogP contribution in [0.3, 0.4) is 0 Å². The van der Waals surface area contributed by atoms with E-state index >= 15 is 0 Å². The minimum atomic E-state index is -1.25. The van der Waals surface area contributed by atoms with Gasteiger partial charge in [0.05, 0.1) is 6.61 Å². The Labute approximate surface area is 162 Å². The van der Waals surface area contributed by atoms with Gasteiger partial charge in [-0.1, -0.05) is 49.6 Å². The Morgan fingerprint density at radius 1 is 1.19 bits per heavy atom. The molecule has 5 heteroatoms. The third kappa shape index (κ3) is 5.98. The molecule has 150 valence electrons. The van der Waals surface area contributed by atoms with Gasteiger partial charge in [-0.3, -0.25) is 4.90 Å². The molecule has 0 radical (unpaired) electrons. The summed E-state index contributed by atoms with van der Waals surface area (Å²) in [6.45, 7) is 4.14. The first-order valence-corrected chi connectivity index (χ1v) is 10.2. The van der Waals surface area contributed by atoms with Crippen LogP contribution in [0.2, 0.25) is 0 Å². The molecule has 1 aromatic carbocycles. The van der Waals surface area contributed by atoms with Gasteiger partial charge in [0, 0.05) is 6.54 Å². The number of rotatable bonds is 9. The predicted octanol–water partition coefficient (Wildman–Crippen LogP) is 4.89. The first-order chi connectivity index (χ1) is 13.0. The summed E-state index contributed by atoms with van der Waals surface area (Å²) in [6, 6.07) is 10.0. The van der Waals surface area contributed by atoms with Crippen LogP contribution in [0.25, 0.3) is 0 Å². The van der Waals surface area contributed by atoms with Crippen molar-refractivity contribution < 1.29 is 19.4 Å². The zero-order valence-electron chi connectivity index (χ0n) is 16.7. The summed E-state index contributed by atoms with van der Waals surface area (Å²) in [6.07, 6.45) is 7.03. The van der Waals surface area contributed by atoms with E-state index in [1.807, 2.05) is 30.3 Å². The smallest absolute Gasteiger partial charge is 0.410 e. The second kappa shape index (κ2) is 10.3. The van der Waals surface area contributed by atoms with Crippen molar-refractivity contribution in [3.63, 3.8) is 0 Å². The van der Waals surface area contributed by atoms with Crippen LogP contribution in [0.1, 0.15) is 64.4 Å². The molecule has 1 N–H and O–H groups in total. The zero-order chi connectivity index (χ0) is 19.7. The molecule has 1 aromatic rings. The average molecular weight is 376 g/mol. The van der Waals surface area contributed by atoms with Gasteiger partial charge in [0.1, 0.15) is 5.54 Å². The zero-order valence-corrected chi connectivity index (χ0v) is 16.7. The second-order valence-corrected chi connectivity index (χ2v) is 7.73. The summed E-state index contributed by atoms with van der Waals surface area (Å²) in [7, 11) is 0. The number of amides is 1. The van der Waals surface area contributed by atoms with Crippen molar-refractivity contribution in [2.45, 2.75) is 70.8 Å². The number of carboxylic acids is 1. The largest absolute Gasteiger partial charge is 0.480 e. The lowest BCUT2D eigenvalue weighted by Crippen LogP contribution is -2.56. The molecule has 0 aliphatic heterocycles. The quantitative estimate of drug-likeness (QED) is 0.667. The summed E-state index contributed by atoms with van der Waals surface area (Å²) in [5, 5.41) is 10.00. The van der Waals surface area contributed by atoms with E-state index in [2.05, 4.69) is 0 Å². The molecule has 0 spiro atoms. The van der Waals surface area contributed by atoms with Crippen molar-refractivity contribution >= 4 is 12.1 Å². The summed E-state index contributed by atoms with van der Waals surface area (Å²) < 4.78 is 5.23. The van der Waals surface area contributed by atoms with Gasteiger partial charge in [0.25, 0.3) is 0 Å². The number of carbonyl (C=O) groups is 2. The van der Waals surface area contributed by atoms with Crippen molar-refractivity contribution in [2.24, 2.45) is 5.92 Å². The number of carbonyl (C=O) groups excluding carboxylic acids is 1. The first-order valence-electron chi connectivity index (χ1n) is 10.2. The SMILES string of the molecule is CCOC(=O)N(CC1CCCCC1)C(C)(CCCc1ccccc1)C(=O)O. The van der Waals surface area contributed by atoms with Crippen LogP contribution < -0.4 is 0 Å². The Morgan fingerprint density at radius 3 is 2.44 bits per heavy atom. The predicted molar refractivity (Wildman–Crippen MR) is 106 cm³/mol. The van der Waals surface area contributed by atoms with Gasteiger partial charge in [-0.05, 0) is 57.4 Å². The highest BCUT2D eigenvalue weighted by atomic mass is 16.6. The number of carboxylic acid groups (broad SMARTS) is 1. The van der Waals surface area contributed by atoms with Crippen LogP contribution in [-0.4, -0.2) is 40.8 Å². The fourth-order valence-electron chi connectivity index (χ4n) is 3.95. The summed E-state index contributed by atoms with van der Waals surface area (Å²) in [5.74, 6) is -0.602. The molecule has 1 fully saturated rings. The Morgan fingerprint density at radius 2 is 1.85 bits per heavy atom. The summed E-state index contributed by atoms with van der Waals surface area (Å²) in [5.41, 5.74) is -0.0708. The normalized spacial score (nSPS) is 17.1. The number of hydrogen-bond acceptors (Lipinski definition) is 3. The lowest BCUT2D eigenvalue weighted by Gasteiger charge is -2.40. The Bertz CT molecular complexity index is 598.